The van der Waals surface area contributed by atoms with Gasteiger partial charge in [0.15, 0.2) is 5.78 Å². The molecule has 3 nitrogen and oxygen atoms in total. The van der Waals surface area contributed by atoms with E-state index in [4.69, 9.17) is 0 Å². The van der Waals surface area contributed by atoms with Crippen molar-refractivity contribution in [3.05, 3.63) is 35.4 Å². The fraction of sp³-hybridized carbons (Fsp3) is 0.636. The van der Waals surface area contributed by atoms with Crippen molar-refractivity contribution in [1.29, 1.82) is 0 Å². The molecule has 138 valence electrons. The quantitative estimate of drug-likeness (QED) is 0.476. The number of unbranched alkanes of at least 4 members (excludes halogenated alkanes) is 5. The normalized spacial score (nSPS) is 17.8. The van der Waals surface area contributed by atoms with Gasteiger partial charge in [-0.3, -0.25) is 9.59 Å². The molecule has 0 aliphatic carbocycles. The first kappa shape index (κ1) is 19.7. The Balaban J connectivity index is 1.76. The van der Waals surface area contributed by atoms with Crippen LogP contribution in [-0.4, -0.2) is 18.2 Å². The van der Waals surface area contributed by atoms with Gasteiger partial charge in [-0.15, -0.1) is 0 Å². The molecule has 1 aromatic carbocycles. The van der Waals surface area contributed by atoms with Crippen molar-refractivity contribution in [3.63, 3.8) is 0 Å². The summed E-state index contributed by atoms with van der Waals surface area (Å²) < 4.78 is 0. The van der Waals surface area contributed by atoms with Crippen LogP contribution < -0.4 is 5.32 Å². The van der Waals surface area contributed by atoms with Crippen LogP contribution in [0.1, 0.15) is 87.1 Å². The van der Waals surface area contributed by atoms with Gasteiger partial charge in [0.05, 0.1) is 0 Å². The zero-order chi connectivity index (χ0) is 17.9. The van der Waals surface area contributed by atoms with Crippen molar-refractivity contribution in [2.75, 3.05) is 6.54 Å². The number of nitrogens with one attached hydrogen (secondary N) is 1. The summed E-state index contributed by atoms with van der Waals surface area (Å²) in [6, 6.07) is 8.02. The molecule has 1 saturated heterocycles. The molecule has 25 heavy (non-hydrogen) atoms. The number of carbonyl (C=O) groups excluding carboxylic acids is 2. The number of hydrogen-bond donors (Lipinski definition) is 1. The monoisotopic (exact) mass is 343 g/mol. The molecule has 1 amide bonds. The van der Waals surface area contributed by atoms with Crippen LogP contribution in [0.5, 0.6) is 0 Å². The minimum Gasteiger partial charge on any atom is -0.356 e. The van der Waals surface area contributed by atoms with Crippen LogP contribution in [0.4, 0.5) is 0 Å². The highest BCUT2D eigenvalue weighted by molar-refractivity contribution is 5.98. The first-order valence-corrected chi connectivity index (χ1v) is 10.1. The van der Waals surface area contributed by atoms with Crippen molar-refractivity contribution in [3.8, 4) is 0 Å². The van der Waals surface area contributed by atoms with Crippen LogP contribution in [-0.2, 0) is 11.2 Å². The third-order valence-electron chi connectivity index (χ3n) is 5.18. The summed E-state index contributed by atoms with van der Waals surface area (Å²) in [5.41, 5.74) is 2.04. The summed E-state index contributed by atoms with van der Waals surface area (Å²) in [6.45, 7) is 2.99. The number of ketones is 1. The number of carbonyl (C=O) groups is 2. The summed E-state index contributed by atoms with van der Waals surface area (Å²) in [4.78, 5) is 24.4. The van der Waals surface area contributed by atoms with E-state index in [0.29, 0.717) is 6.42 Å². The van der Waals surface area contributed by atoms with Crippen LogP contribution in [0, 0.1) is 5.92 Å². The Morgan fingerprint density at radius 2 is 1.76 bits per heavy atom. The van der Waals surface area contributed by atoms with E-state index in [1.165, 1.54) is 44.1 Å². The highest BCUT2D eigenvalue weighted by Gasteiger charge is 2.23. The highest BCUT2D eigenvalue weighted by Crippen LogP contribution is 2.19. The van der Waals surface area contributed by atoms with E-state index in [0.717, 1.165) is 37.8 Å². The predicted molar refractivity (Wildman–Crippen MR) is 103 cm³/mol. The van der Waals surface area contributed by atoms with Gasteiger partial charge in [-0.05, 0) is 31.2 Å². The molecule has 1 heterocycles. The molecule has 1 aliphatic rings. The summed E-state index contributed by atoms with van der Waals surface area (Å²) in [7, 11) is 0. The van der Waals surface area contributed by atoms with E-state index in [2.05, 4.69) is 24.4 Å². The Kier molecular flexibility index (Phi) is 8.71. The van der Waals surface area contributed by atoms with Gasteiger partial charge in [0.25, 0.3) is 0 Å². The average molecular weight is 344 g/mol. The molecule has 0 bridgehead atoms. The molecule has 0 radical (unpaired) electrons. The van der Waals surface area contributed by atoms with Crippen LogP contribution in [0.15, 0.2) is 24.3 Å². The van der Waals surface area contributed by atoms with Gasteiger partial charge in [-0.1, -0.05) is 69.7 Å². The second kappa shape index (κ2) is 11.1. The lowest BCUT2D eigenvalue weighted by atomic mass is 9.93. The smallest absolute Gasteiger partial charge is 0.223 e. The summed E-state index contributed by atoms with van der Waals surface area (Å²) in [5.74, 6) is -0.0171. The van der Waals surface area contributed by atoms with E-state index < -0.39 is 0 Å². The molecule has 1 N–H and O–H groups in total. The fourth-order valence-electron chi connectivity index (χ4n) is 3.51. The standard InChI is InChI=1S/C22H33NO2/c1-2-3-4-5-6-7-10-18-12-14-19(15-13-18)21(24)17-20-11-8-9-16-23-22(20)25/h12-15,20H,2-11,16-17H2,1H3,(H,23,25)/t20-/m1/s1. The minimum atomic E-state index is -0.155. The van der Waals surface area contributed by atoms with Crippen molar-refractivity contribution >= 4 is 11.7 Å². The third kappa shape index (κ3) is 7.01. The number of rotatable bonds is 10. The van der Waals surface area contributed by atoms with Crippen LogP contribution >= 0.6 is 0 Å². The second-order valence-electron chi connectivity index (χ2n) is 7.33. The lowest BCUT2D eigenvalue weighted by Crippen LogP contribution is -2.30. The topological polar surface area (TPSA) is 46.2 Å². The Bertz CT molecular complexity index is 535. The summed E-state index contributed by atoms with van der Waals surface area (Å²) in [5, 5.41) is 2.91. The van der Waals surface area contributed by atoms with Gasteiger partial charge in [0, 0.05) is 24.4 Å². The third-order valence-corrected chi connectivity index (χ3v) is 5.18. The van der Waals surface area contributed by atoms with Crippen molar-refractivity contribution < 1.29 is 9.59 Å². The Morgan fingerprint density at radius 1 is 1.04 bits per heavy atom. The maximum atomic E-state index is 12.5. The molecule has 0 saturated carbocycles. The van der Waals surface area contributed by atoms with E-state index in [1.54, 1.807) is 0 Å². The maximum Gasteiger partial charge on any atom is 0.223 e. The molecular formula is C22H33NO2. The number of amides is 1. The first-order valence-electron chi connectivity index (χ1n) is 10.1. The van der Waals surface area contributed by atoms with Crippen LogP contribution in [0.2, 0.25) is 0 Å². The van der Waals surface area contributed by atoms with Gasteiger partial charge in [0.2, 0.25) is 5.91 Å². The van der Waals surface area contributed by atoms with Gasteiger partial charge in [0.1, 0.15) is 0 Å². The molecule has 1 aliphatic heterocycles. The Hall–Kier alpha value is -1.64. The maximum absolute atomic E-state index is 12.5. The van der Waals surface area contributed by atoms with Crippen molar-refractivity contribution in [2.24, 2.45) is 5.92 Å². The van der Waals surface area contributed by atoms with Crippen LogP contribution in [0.25, 0.3) is 0 Å². The lowest BCUT2D eigenvalue weighted by Gasteiger charge is -2.12. The fourth-order valence-corrected chi connectivity index (χ4v) is 3.51. The molecule has 1 fully saturated rings. The predicted octanol–water partition coefficient (Wildman–Crippen LogP) is 5.08. The van der Waals surface area contributed by atoms with Crippen LogP contribution in [0.3, 0.4) is 0 Å². The van der Waals surface area contributed by atoms with Crippen molar-refractivity contribution in [2.45, 2.75) is 77.6 Å². The average Bonchev–Trinajstić information content (AvgIpc) is 2.83. The number of aryl methyl sites for hydroxylation is 1. The van der Waals surface area contributed by atoms with E-state index in [1.807, 2.05) is 12.1 Å². The molecule has 0 unspecified atom stereocenters. The number of hydrogen-bond acceptors (Lipinski definition) is 2. The van der Waals surface area contributed by atoms with E-state index in [9.17, 15) is 9.59 Å². The summed E-state index contributed by atoms with van der Waals surface area (Å²) >= 11 is 0. The molecule has 3 heteroatoms. The van der Waals surface area contributed by atoms with E-state index >= 15 is 0 Å². The molecule has 1 aromatic rings. The largest absolute Gasteiger partial charge is 0.356 e. The van der Waals surface area contributed by atoms with E-state index in [-0.39, 0.29) is 17.6 Å². The van der Waals surface area contributed by atoms with Gasteiger partial charge in [-0.25, -0.2) is 0 Å². The van der Waals surface area contributed by atoms with Gasteiger partial charge in [-0.2, -0.15) is 0 Å². The molecule has 0 aromatic heterocycles. The molecule has 0 spiro atoms. The lowest BCUT2D eigenvalue weighted by molar-refractivity contribution is -0.124. The Labute approximate surface area is 152 Å². The van der Waals surface area contributed by atoms with Gasteiger partial charge < -0.3 is 5.32 Å². The number of Topliss-reactive ketones (excluding diaryl/α,β-unsaturated/α-hetero) is 1. The zero-order valence-corrected chi connectivity index (χ0v) is 15.7. The minimum absolute atomic E-state index is 0.0468. The highest BCUT2D eigenvalue weighted by atomic mass is 16.2. The van der Waals surface area contributed by atoms with Gasteiger partial charge >= 0.3 is 0 Å². The SMILES string of the molecule is CCCCCCCCc1ccc(C(=O)C[C@H]2CCCCNC2=O)cc1. The molecule has 1 atom stereocenters. The molecular weight excluding hydrogens is 310 g/mol. The molecule has 2 rings (SSSR count). The second-order valence-corrected chi connectivity index (χ2v) is 7.33. The first-order chi connectivity index (χ1) is 12.2. The zero-order valence-electron chi connectivity index (χ0n) is 15.7. The Morgan fingerprint density at radius 3 is 2.52 bits per heavy atom. The summed E-state index contributed by atoms with van der Waals surface area (Å²) in [6.07, 6.45) is 12.1. The number of benzene rings is 1. The van der Waals surface area contributed by atoms with Crippen molar-refractivity contribution in [1.82, 2.24) is 5.32 Å².